The van der Waals surface area contributed by atoms with Crippen LogP contribution in [0.1, 0.15) is 51.8 Å². The number of anilines is 3. The summed E-state index contributed by atoms with van der Waals surface area (Å²) in [5.41, 5.74) is 3.86. The van der Waals surface area contributed by atoms with Crippen molar-refractivity contribution in [3.63, 3.8) is 0 Å². The van der Waals surface area contributed by atoms with Crippen LogP contribution in [0, 0.1) is 6.92 Å². The molecule has 2 N–H and O–H groups in total. The quantitative estimate of drug-likeness (QED) is 0.501. The molecule has 2 atom stereocenters. The van der Waals surface area contributed by atoms with Crippen LogP contribution in [0.15, 0.2) is 18.3 Å². The van der Waals surface area contributed by atoms with E-state index in [1.54, 1.807) is 0 Å². The molecule has 178 valence electrons. The average Bonchev–Trinajstić information content (AvgIpc) is 3.14. The smallest absolute Gasteiger partial charge is 0.228 e. The molecule has 0 spiro atoms. The first kappa shape index (κ1) is 23.4. The summed E-state index contributed by atoms with van der Waals surface area (Å²) in [5, 5.41) is 12.0. The standard InChI is InChI=1S/C24H36N8O/c1-7-33-11-10-32-22-21(20(30-32)15(2)3)28-24(31-13-17(5)26-18(6)14-31)29-23(22)27-19-9-8-16(4)12-25-19/h8-9,12,15,17-18,26H,7,10-11,13-14H2,1-6H3,(H,25,27,28,29)/t17-,18-/m1/s1. The van der Waals surface area contributed by atoms with Gasteiger partial charge in [-0.15, -0.1) is 0 Å². The number of nitrogens with zero attached hydrogens (tertiary/aromatic N) is 6. The van der Waals surface area contributed by atoms with Crippen molar-refractivity contribution < 1.29 is 4.74 Å². The van der Waals surface area contributed by atoms with E-state index in [9.17, 15) is 0 Å². The Bertz CT molecular complexity index is 1070. The molecule has 0 aliphatic carbocycles. The lowest BCUT2D eigenvalue weighted by Gasteiger charge is -2.36. The fraction of sp³-hybridized carbons (Fsp3) is 0.583. The number of hydrogen-bond acceptors (Lipinski definition) is 8. The van der Waals surface area contributed by atoms with Crippen molar-refractivity contribution in [2.45, 2.75) is 66.1 Å². The Morgan fingerprint density at radius 3 is 2.58 bits per heavy atom. The molecule has 9 heteroatoms. The van der Waals surface area contributed by atoms with Crippen LogP contribution in [0.3, 0.4) is 0 Å². The molecule has 1 saturated heterocycles. The average molecular weight is 453 g/mol. The van der Waals surface area contributed by atoms with Crippen molar-refractivity contribution >= 4 is 28.6 Å². The number of fused-ring (bicyclic) bond motifs is 1. The minimum atomic E-state index is 0.231. The number of aryl methyl sites for hydroxylation is 1. The fourth-order valence-corrected chi connectivity index (χ4v) is 4.32. The lowest BCUT2D eigenvalue weighted by Crippen LogP contribution is -2.54. The van der Waals surface area contributed by atoms with Gasteiger partial charge in [-0.25, -0.2) is 9.97 Å². The van der Waals surface area contributed by atoms with E-state index in [1.165, 1.54) is 0 Å². The van der Waals surface area contributed by atoms with Crippen molar-refractivity contribution in [3.05, 3.63) is 29.6 Å². The summed E-state index contributed by atoms with van der Waals surface area (Å²) in [4.78, 5) is 16.9. The van der Waals surface area contributed by atoms with E-state index in [-0.39, 0.29) is 5.92 Å². The Labute approximate surface area is 196 Å². The highest BCUT2D eigenvalue weighted by Gasteiger charge is 2.27. The molecule has 0 unspecified atom stereocenters. The van der Waals surface area contributed by atoms with Crippen LogP contribution in [0.2, 0.25) is 0 Å². The second-order valence-electron chi connectivity index (χ2n) is 9.25. The third kappa shape index (κ3) is 5.25. The van der Waals surface area contributed by atoms with Crippen LogP contribution in [0.5, 0.6) is 0 Å². The normalized spacial score (nSPS) is 18.9. The summed E-state index contributed by atoms with van der Waals surface area (Å²) in [7, 11) is 0. The Morgan fingerprint density at radius 2 is 1.94 bits per heavy atom. The molecule has 0 saturated carbocycles. The van der Waals surface area contributed by atoms with Gasteiger partial charge >= 0.3 is 0 Å². The van der Waals surface area contributed by atoms with Crippen LogP contribution in [0.25, 0.3) is 11.0 Å². The third-order valence-electron chi connectivity index (χ3n) is 5.80. The highest BCUT2D eigenvalue weighted by Crippen LogP contribution is 2.31. The van der Waals surface area contributed by atoms with Crippen LogP contribution in [-0.4, -0.2) is 63.1 Å². The van der Waals surface area contributed by atoms with Gasteiger partial charge in [0.25, 0.3) is 0 Å². The van der Waals surface area contributed by atoms with E-state index < -0.39 is 0 Å². The van der Waals surface area contributed by atoms with Crippen LogP contribution < -0.4 is 15.5 Å². The Hall–Kier alpha value is -2.78. The maximum atomic E-state index is 5.62. The number of piperazine rings is 1. The molecule has 1 aliphatic heterocycles. The van der Waals surface area contributed by atoms with E-state index in [4.69, 9.17) is 19.8 Å². The topological polar surface area (TPSA) is 93.0 Å². The molecule has 4 rings (SSSR count). The van der Waals surface area contributed by atoms with Crippen molar-refractivity contribution in [1.29, 1.82) is 0 Å². The highest BCUT2D eigenvalue weighted by molar-refractivity contribution is 5.90. The van der Waals surface area contributed by atoms with Gasteiger partial charge in [-0.1, -0.05) is 19.9 Å². The second kappa shape index (κ2) is 10.0. The maximum Gasteiger partial charge on any atom is 0.228 e. The molecule has 33 heavy (non-hydrogen) atoms. The number of hydrogen-bond donors (Lipinski definition) is 2. The zero-order valence-corrected chi connectivity index (χ0v) is 20.6. The monoisotopic (exact) mass is 452 g/mol. The highest BCUT2D eigenvalue weighted by atomic mass is 16.5. The SMILES string of the molecule is CCOCCn1nc(C(C)C)c2nc(N3C[C@@H](C)N[C@H](C)C3)nc(Nc3ccc(C)cn3)c21. The Balaban J connectivity index is 1.84. The van der Waals surface area contributed by atoms with Gasteiger partial charge in [0.05, 0.1) is 18.8 Å². The van der Waals surface area contributed by atoms with Gasteiger partial charge in [0.15, 0.2) is 5.82 Å². The van der Waals surface area contributed by atoms with E-state index in [0.29, 0.717) is 31.8 Å². The molecule has 0 radical (unpaired) electrons. The lowest BCUT2D eigenvalue weighted by molar-refractivity contribution is 0.137. The van der Waals surface area contributed by atoms with E-state index in [0.717, 1.165) is 53.0 Å². The minimum Gasteiger partial charge on any atom is -0.380 e. The summed E-state index contributed by atoms with van der Waals surface area (Å²) in [6, 6.07) is 4.74. The summed E-state index contributed by atoms with van der Waals surface area (Å²) in [6.45, 7) is 16.3. The number of rotatable bonds is 8. The number of nitrogens with one attached hydrogen (secondary N) is 2. The lowest BCUT2D eigenvalue weighted by atomic mass is 10.1. The molecular formula is C24H36N8O. The largest absolute Gasteiger partial charge is 0.380 e. The van der Waals surface area contributed by atoms with Gasteiger partial charge in [-0.3, -0.25) is 4.68 Å². The molecule has 0 aromatic carbocycles. The molecular weight excluding hydrogens is 416 g/mol. The molecule has 3 aromatic heterocycles. The van der Waals surface area contributed by atoms with Crippen molar-refractivity contribution in [1.82, 2.24) is 30.0 Å². The predicted octanol–water partition coefficient (Wildman–Crippen LogP) is 3.62. The van der Waals surface area contributed by atoms with Crippen molar-refractivity contribution in [2.24, 2.45) is 0 Å². The van der Waals surface area contributed by atoms with Gasteiger partial charge in [-0.05, 0) is 45.2 Å². The van der Waals surface area contributed by atoms with Crippen molar-refractivity contribution in [3.8, 4) is 0 Å². The van der Waals surface area contributed by atoms with Crippen LogP contribution in [0.4, 0.5) is 17.6 Å². The van der Waals surface area contributed by atoms with Crippen LogP contribution >= 0.6 is 0 Å². The zero-order valence-electron chi connectivity index (χ0n) is 20.6. The van der Waals surface area contributed by atoms with E-state index in [1.807, 2.05) is 36.9 Å². The molecule has 4 heterocycles. The van der Waals surface area contributed by atoms with Gasteiger partial charge in [0.1, 0.15) is 16.9 Å². The predicted molar refractivity (Wildman–Crippen MR) is 132 cm³/mol. The first-order valence-corrected chi connectivity index (χ1v) is 11.9. The molecule has 1 aliphatic rings. The van der Waals surface area contributed by atoms with Gasteiger partial charge in [-0.2, -0.15) is 10.1 Å². The first-order chi connectivity index (χ1) is 15.9. The first-order valence-electron chi connectivity index (χ1n) is 11.9. The molecule has 1 fully saturated rings. The Kier molecular flexibility index (Phi) is 7.09. The molecule has 9 nitrogen and oxygen atoms in total. The molecule has 3 aromatic rings. The van der Waals surface area contributed by atoms with Gasteiger partial charge in [0.2, 0.25) is 5.95 Å². The van der Waals surface area contributed by atoms with E-state index in [2.05, 4.69) is 48.2 Å². The van der Waals surface area contributed by atoms with Gasteiger partial charge < -0.3 is 20.3 Å². The van der Waals surface area contributed by atoms with Crippen molar-refractivity contribution in [2.75, 3.05) is 36.5 Å². The molecule has 0 bridgehead atoms. The number of pyridine rings is 1. The second-order valence-corrected chi connectivity index (χ2v) is 9.25. The summed E-state index contributed by atoms with van der Waals surface area (Å²) >= 11 is 0. The summed E-state index contributed by atoms with van der Waals surface area (Å²) in [6.07, 6.45) is 1.85. The number of aromatic nitrogens is 5. The Morgan fingerprint density at radius 1 is 1.18 bits per heavy atom. The van der Waals surface area contributed by atoms with E-state index >= 15 is 0 Å². The zero-order chi connectivity index (χ0) is 23.5. The summed E-state index contributed by atoms with van der Waals surface area (Å²) in [5.74, 6) is 2.43. The maximum absolute atomic E-state index is 5.62. The van der Waals surface area contributed by atoms with Gasteiger partial charge in [0, 0.05) is 38.0 Å². The minimum absolute atomic E-state index is 0.231. The molecule has 0 amide bonds. The fourth-order valence-electron chi connectivity index (χ4n) is 4.32. The number of ether oxygens (including phenoxy) is 1. The summed E-state index contributed by atoms with van der Waals surface area (Å²) < 4.78 is 7.60. The third-order valence-corrected chi connectivity index (χ3v) is 5.80. The van der Waals surface area contributed by atoms with Crippen LogP contribution in [-0.2, 0) is 11.3 Å².